The third-order valence-corrected chi connectivity index (χ3v) is 3.41. The van der Waals surface area contributed by atoms with Gasteiger partial charge in [-0.2, -0.15) is 0 Å². The average Bonchev–Trinajstić information content (AvgIpc) is 2.56. The van der Waals surface area contributed by atoms with Gasteiger partial charge in [0, 0.05) is 27.2 Å². The molecule has 4 nitrogen and oxygen atoms in total. The number of rotatable bonds is 10. The maximum absolute atomic E-state index is 12.8. The van der Waals surface area contributed by atoms with Crippen molar-refractivity contribution in [3.63, 3.8) is 0 Å². The SMILES string of the molecule is C=CCCCN(C)C(=NC)NCCCCOc1ccc(F)cc1. The Morgan fingerprint density at radius 2 is 2.04 bits per heavy atom. The topological polar surface area (TPSA) is 36.9 Å². The fourth-order valence-corrected chi connectivity index (χ4v) is 2.11. The van der Waals surface area contributed by atoms with Crippen molar-refractivity contribution >= 4 is 5.96 Å². The number of nitrogens with one attached hydrogen (secondary N) is 1. The van der Waals surface area contributed by atoms with Crippen LogP contribution in [0.1, 0.15) is 25.7 Å². The van der Waals surface area contributed by atoms with Gasteiger partial charge >= 0.3 is 0 Å². The van der Waals surface area contributed by atoms with Gasteiger partial charge in [0.15, 0.2) is 5.96 Å². The number of allylic oxidation sites excluding steroid dienone is 1. The van der Waals surface area contributed by atoms with Crippen LogP contribution in [0.5, 0.6) is 5.75 Å². The highest BCUT2D eigenvalue weighted by Crippen LogP contribution is 2.11. The molecule has 0 aliphatic rings. The van der Waals surface area contributed by atoms with Gasteiger partial charge < -0.3 is 15.0 Å². The molecule has 0 amide bonds. The highest BCUT2D eigenvalue weighted by molar-refractivity contribution is 5.79. The first-order valence-corrected chi connectivity index (χ1v) is 8.08. The van der Waals surface area contributed by atoms with Crippen LogP contribution in [0.15, 0.2) is 41.9 Å². The second kappa shape index (κ2) is 11.5. The minimum absolute atomic E-state index is 0.245. The summed E-state index contributed by atoms with van der Waals surface area (Å²) < 4.78 is 18.3. The Morgan fingerprint density at radius 1 is 1.30 bits per heavy atom. The van der Waals surface area contributed by atoms with Gasteiger partial charge in [-0.25, -0.2) is 4.39 Å². The molecule has 5 heteroatoms. The number of benzene rings is 1. The summed E-state index contributed by atoms with van der Waals surface area (Å²) in [6, 6.07) is 6.10. The molecule has 0 heterocycles. The summed E-state index contributed by atoms with van der Waals surface area (Å²) in [6.07, 6.45) is 5.95. The molecular weight excluding hydrogens is 293 g/mol. The lowest BCUT2D eigenvalue weighted by atomic mass is 10.3. The summed E-state index contributed by atoms with van der Waals surface area (Å²) in [6.45, 7) is 6.17. The minimum Gasteiger partial charge on any atom is -0.494 e. The zero-order valence-corrected chi connectivity index (χ0v) is 14.2. The van der Waals surface area contributed by atoms with Crippen molar-refractivity contribution in [1.29, 1.82) is 0 Å². The molecule has 0 saturated heterocycles. The maximum atomic E-state index is 12.8. The second-order valence-electron chi connectivity index (χ2n) is 5.34. The van der Waals surface area contributed by atoms with Crippen LogP contribution in [0, 0.1) is 5.82 Å². The highest BCUT2D eigenvalue weighted by Gasteiger charge is 2.04. The summed E-state index contributed by atoms with van der Waals surface area (Å²) >= 11 is 0. The monoisotopic (exact) mass is 321 g/mol. The first-order valence-electron chi connectivity index (χ1n) is 8.08. The Kier molecular flexibility index (Phi) is 9.52. The Labute approximate surface area is 139 Å². The summed E-state index contributed by atoms with van der Waals surface area (Å²) in [7, 11) is 3.83. The predicted octanol–water partition coefficient (Wildman–Crippen LogP) is 3.46. The van der Waals surface area contributed by atoms with Crippen LogP contribution in [0.3, 0.4) is 0 Å². The Balaban J connectivity index is 2.12. The van der Waals surface area contributed by atoms with Crippen molar-refractivity contribution in [1.82, 2.24) is 10.2 Å². The van der Waals surface area contributed by atoms with Gasteiger partial charge in [-0.05, 0) is 49.9 Å². The molecule has 23 heavy (non-hydrogen) atoms. The van der Waals surface area contributed by atoms with E-state index in [9.17, 15) is 4.39 Å². The predicted molar refractivity (Wildman–Crippen MR) is 94.6 cm³/mol. The van der Waals surface area contributed by atoms with Crippen molar-refractivity contribution in [3.8, 4) is 5.75 Å². The van der Waals surface area contributed by atoms with E-state index in [0.717, 1.165) is 44.7 Å². The number of hydrogen-bond acceptors (Lipinski definition) is 2. The van der Waals surface area contributed by atoms with Crippen LogP contribution in [-0.2, 0) is 0 Å². The van der Waals surface area contributed by atoms with E-state index in [1.54, 1.807) is 19.2 Å². The van der Waals surface area contributed by atoms with Crippen molar-refractivity contribution in [2.75, 3.05) is 33.8 Å². The van der Waals surface area contributed by atoms with Crippen LogP contribution in [0.25, 0.3) is 0 Å². The zero-order valence-electron chi connectivity index (χ0n) is 14.2. The van der Waals surface area contributed by atoms with E-state index < -0.39 is 0 Å². The molecule has 1 N–H and O–H groups in total. The van der Waals surface area contributed by atoms with Gasteiger partial charge in [-0.3, -0.25) is 4.99 Å². The molecular formula is C18H28FN3O. The Morgan fingerprint density at radius 3 is 2.70 bits per heavy atom. The highest BCUT2D eigenvalue weighted by atomic mass is 19.1. The van der Waals surface area contributed by atoms with Crippen molar-refractivity contribution in [2.24, 2.45) is 4.99 Å². The number of halogens is 1. The number of unbranched alkanes of at least 4 members (excludes halogenated alkanes) is 2. The Bertz CT molecular complexity index is 474. The van der Waals surface area contributed by atoms with Crippen molar-refractivity contribution in [3.05, 3.63) is 42.7 Å². The first-order chi connectivity index (χ1) is 11.2. The maximum Gasteiger partial charge on any atom is 0.193 e. The van der Waals surface area contributed by atoms with E-state index in [1.807, 2.05) is 13.1 Å². The van der Waals surface area contributed by atoms with Gasteiger partial charge in [0.1, 0.15) is 11.6 Å². The normalized spacial score (nSPS) is 11.2. The molecule has 0 aromatic heterocycles. The molecule has 0 bridgehead atoms. The van der Waals surface area contributed by atoms with E-state index in [4.69, 9.17) is 4.74 Å². The van der Waals surface area contributed by atoms with Crippen LogP contribution in [0.2, 0.25) is 0 Å². The average molecular weight is 321 g/mol. The van der Waals surface area contributed by atoms with Gasteiger partial charge in [-0.1, -0.05) is 6.08 Å². The first kappa shape index (κ1) is 19.0. The Hall–Kier alpha value is -2.04. The number of hydrogen-bond donors (Lipinski definition) is 1. The molecule has 0 spiro atoms. The van der Waals surface area contributed by atoms with E-state index in [2.05, 4.69) is 21.8 Å². The van der Waals surface area contributed by atoms with Crippen LogP contribution >= 0.6 is 0 Å². The molecule has 128 valence electrons. The second-order valence-corrected chi connectivity index (χ2v) is 5.34. The minimum atomic E-state index is -0.245. The number of guanidine groups is 1. The van der Waals surface area contributed by atoms with E-state index in [-0.39, 0.29) is 5.82 Å². The summed E-state index contributed by atoms with van der Waals surface area (Å²) in [5.41, 5.74) is 0. The third-order valence-electron chi connectivity index (χ3n) is 3.41. The van der Waals surface area contributed by atoms with Gasteiger partial charge in [0.05, 0.1) is 6.61 Å². The molecule has 0 fully saturated rings. The third kappa shape index (κ3) is 8.24. The van der Waals surface area contributed by atoms with Crippen molar-refractivity contribution in [2.45, 2.75) is 25.7 Å². The molecule has 0 saturated carbocycles. The van der Waals surface area contributed by atoms with E-state index in [1.165, 1.54) is 12.1 Å². The van der Waals surface area contributed by atoms with Crippen LogP contribution in [0.4, 0.5) is 4.39 Å². The molecule has 0 aliphatic heterocycles. The van der Waals surface area contributed by atoms with Gasteiger partial charge in [0.25, 0.3) is 0 Å². The molecule has 0 unspecified atom stereocenters. The lowest BCUT2D eigenvalue weighted by Gasteiger charge is -2.21. The summed E-state index contributed by atoms with van der Waals surface area (Å²) in [5, 5.41) is 3.35. The molecule has 1 rings (SSSR count). The summed E-state index contributed by atoms with van der Waals surface area (Å²) in [5.74, 6) is 1.37. The quantitative estimate of drug-likeness (QED) is 0.310. The largest absolute Gasteiger partial charge is 0.494 e. The van der Waals surface area contributed by atoms with Crippen LogP contribution < -0.4 is 10.1 Å². The van der Waals surface area contributed by atoms with Crippen LogP contribution in [-0.4, -0.2) is 44.7 Å². The molecule has 0 atom stereocenters. The molecule has 0 radical (unpaired) electrons. The molecule has 0 aliphatic carbocycles. The molecule has 1 aromatic rings. The van der Waals surface area contributed by atoms with E-state index >= 15 is 0 Å². The lowest BCUT2D eigenvalue weighted by molar-refractivity contribution is 0.306. The van der Waals surface area contributed by atoms with Gasteiger partial charge in [-0.15, -0.1) is 6.58 Å². The smallest absolute Gasteiger partial charge is 0.193 e. The fraction of sp³-hybridized carbons (Fsp3) is 0.500. The summed E-state index contributed by atoms with van der Waals surface area (Å²) in [4.78, 5) is 6.40. The van der Waals surface area contributed by atoms with E-state index in [0.29, 0.717) is 12.4 Å². The van der Waals surface area contributed by atoms with Crippen molar-refractivity contribution < 1.29 is 9.13 Å². The lowest BCUT2D eigenvalue weighted by Crippen LogP contribution is -2.39. The number of nitrogens with zero attached hydrogens (tertiary/aromatic N) is 2. The molecule has 1 aromatic carbocycles. The standard InChI is InChI=1S/C18H28FN3O/c1-4-5-7-14-22(3)18(20-2)21-13-6-8-15-23-17-11-9-16(19)10-12-17/h4,9-12H,1,5-8,13-15H2,2-3H3,(H,20,21). The fourth-order valence-electron chi connectivity index (χ4n) is 2.11. The van der Waals surface area contributed by atoms with Gasteiger partial charge in [0.2, 0.25) is 0 Å². The number of aliphatic imine (C=N–C) groups is 1. The number of ether oxygens (including phenoxy) is 1. The zero-order chi connectivity index (χ0) is 16.9.